The summed E-state index contributed by atoms with van der Waals surface area (Å²) >= 11 is 0. The van der Waals surface area contributed by atoms with E-state index in [0.717, 1.165) is 25.1 Å². The second kappa shape index (κ2) is 6.05. The van der Waals surface area contributed by atoms with Gasteiger partial charge in [-0.25, -0.2) is 0 Å². The molecule has 1 atom stereocenters. The molecule has 0 aliphatic carbocycles. The molecule has 0 spiro atoms. The van der Waals surface area contributed by atoms with Gasteiger partial charge in [-0.15, -0.1) is 0 Å². The van der Waals surface area contributed by atoms with E-state index < -0.39 is 0 Å². The number of aromatic nitrogens is 3. The average molecular weight is 285 g/mol. The lowest BCUT2D eigenvalue weighted by atomic mass is 10.1. The van der Waals surface area contributed by atoms with Gasteiger partial charge in [-0.2, -0.15) is 5.10 Å². The van der Waals surface area contributed by atoms with Crippen molar-refractivity contribution in [2.45, 2.75) is 18.9 Å². The molecule has 1 N–H and O–H groups in total. The van der Waals surface area contributed by atoms with Crippen LogP contribution in [0.15, 0.2) is 36.9 Å². The number of nitrogens with zero attached hydrogens (tertiary/aromatic N) is 4. The van der Waals surface area contributed by atoms with Crippen LogP contribution in [0, 0.1) is 0 Å². The van der Waals surface area contributed by atoms with Crippen molar-refractivity contribution < 1.29 is 4.79 Å². The molecule has 21 heavy (non-hydrogen) atoms. The second-order valence-corrected chi connectivity index (χ2v) is 5.37. The van der Waals surface area contributed by atoms with Crippen molar-refractivity contribution in [2.75, 3.05) is 18.4 Å². The number of nitrogens with one attached hydrogen (secondary N) is 1. The Morgan fingerprint density at radius 1 is 1.48 bits per heavy atom. The summed E-state index contributed by atoms with van der Waals surface area (Å²) in [5.41, 5.74) is 1.92. The minimum atomic E-state index is -0.00112. The Hall–Kier alpha value is -2.21. The number of hydrogen-bond donors (Lipinski definition) is 1. The monoisotopic (exact) mass is 285 g/mol. The zero-order valence-corrected chi connectivity index (χ0v) is 12.1. The number of pyridine rings is 1. The number of anilines is 1. The van der Waals surface area contributed by atoms with Crippen LogP contribution in [0.5, 0.6) is 0 Å². The van der Waals surface area contributed by atoms with E-state index in [4.69, 9.17) is 0 Å². The molecule has 1 amide bonds. The molecule has 6 nitrogen and oxygen atoms in total. The molecule has 0 unspecified atom stereocenters. The number of amides is 1. The van der Waals surface area contributed by atoms with Crippen LogP contribution in [0.1, 0.15) is 24.4 Å². The standard InChI is InChI=1S/C15H19N5O/c1-19-10-12(8-17-19)14-5-3-7-20(14)11-15(21)18-13-4-2-6-16-9-13/h2,4,6,8-10,14H,3,5,7,11H2,1H3,(H,18,21)/t14-/m0/s1. The van der Waals surface area contributed by atoms with E-state index in [2.05, 4.69) is 20.3 Å². The van der Waals surface area contributed by atoms with Gasteiger partial charge in [0.15, 0.2) is 0 Å². The topological polar surface area (TPSA) is 63.1 Å². The maximum absolute atomic E-state index is 12.1. The average Bonchev–Trinajstić information content (AvgIpc) is 3.08. The van der Waals surface area contributed by atoms with Gasteiger partial charge in [-0.1, -0.05) is 0 Å². The normalized spacial score (nSPS) is 18.8. The number of rotatable bonds is 4. The quantitative estimate of drug-likeness (QED) is 0.926. The zero-order chi connectivity index (χ0) is 14.7. The Morgan fingerprint density at radius 2 is 2.38 bits per heavy atom. The number of aryl methyl sites for hydroxylation is 1. The van der Waals surface area contributed by atoms with Crippen molar-refractivity contribution in [1.29, 1.82) is 0 Å². The van der Waals surface area contributed by atoms with Crippen molar-refractivity contribution in [1.82, 2.24) is 19.7 Å². The van der Waals surface area contributed by atoms with Crippen LogP contribution in [-0.4, -0.2) is 38.7 Å². The number of hydrogen-bond acceptors (Lipinski definition) is 4. The molecule has 2 aromatic rings. The molecule has 1 fully saturated rings. The summed E-state index contributed by atoms with van der Waals surface area (Å²) in [6.07, 6.45) is 9.45. The van der Waals surface area contributed by atoms with Gasteiger partial charge in [0.05, 0.1) is 24.6 Å². The van der Waals surface area contributed by atoms with Gasteiger partial charge in [0.2, 0.25) is 5.91 Å². The lowest BCUT2D eigenvalue weighted by molar-refractivity contribution is -0.117. The fraction of sp³-hybridized carbons (Fsp3) is 0.400. The molecule has 3 rings (SSSR count). The molecule has 1 aliphatic heterocycles. The van der Waals surface area contributed by atoms with Crippen LogP contribution in [-0.2, 0) is 11.8 Å². The number of carbonyl (C=O) groups excluding carboxylic acids is 1. The number of likely N-dealkylation sites (tertiary alicyclic amines) is 1. The molecule has 110 valence electrons. The minimum Gasteiger partial charge on any atom is -0.324 e. The minimum absolute atomic E-state index is 0.00112. The summed E-state index contributed by atoms with van der Waals surface area (Å²) in [6, 6.07) is 3.94. The molecule has 0 bridgehead atoms. The molecule has 6 heteroatoms. The summed E-state index contributed by atoms with van der Waals surface area (Å²) < 4.78 is 1.81. The highest BCUT2D eigenvalue weighted by Crippen LogP contribution is 2.31. The maximum atomic E-state index is 12.1. The largest absolute Gasteiger partial charge is 0.324 e. The third kappa shape index (κ3) is 3.28. The molecule has 2 aromatic heterocycles. The van der Waals surface area contributed by atoms with Crippen LogP contribution < -0.4 is 5.32 Å². The van der Waals surface area contributed by atoms with Crippen LogP contribution in [0.4, 0.5) is 5.69 Å². The van der Waals surface area contributed by atoms with Gasteiger partial charge in [0.1, 0.15) is 0 Å². The first-order valence-corrected chi connectivity index (χ1v) is 7.15. The molecule has 1 saturated heterocycles. The highest BCUT2D eigenvalue weighted by molar-refractivity contribution is 5.92. The lowest BCUT2D eigenvalue weighted by Gasteiger charge is -2.22. The molecular weight excluding hydrogens is 266 g/mol. The Morgan fingerprint density at radius 3 is 3.10 bits per heavy atom. The second-order valence-electron chi connectivity index (χ2n) is 5.37. The Balaban J connectivity index is 1.62. The third-order valence-corrected chi connectivity index (χ3v) is 3.77. The first-order valence-electron chi connectivity index (χ1n) is 7.15. The Bertz CT molecular complexity index is 610. The molecule has 0 saturated carbocycles. The van der Waals surface area contributed by atoms with Crippen molar-refractivity contribution in [2.24, 2.45) is 7.05 Å². The van der Waals surface area contributed by atoms with E-state index in [-0.39, 0.29) is 5.91 Å². The van der Waals surface area contributed by atoms with Crippen LogP contribution in [0.2, 0.25) is 0 Å². The summed E-state index contributed by atoms with van der Waals surface area (Å²) in [4.78, 5) is 18.4. The fourth-order valence-electron chi connectivity index (χ4n) is 2.83. The first-order chi connectivity index (χ1) is 10.2. The molecule has 1 aliphatic rings. The maximum Gasteiger partial charge on any atom is 0.238 e. The van der Waals surface area contributed by atoms with Crippen LogP contribution >= 0.6 is 0 Å². The van der Waals surface area contributed by atoms with E-state index in [1.165, 1.54) is 5.56 Å². The van der Waals surface area contributed by atoms with E-state index in [1.807, 2.05) is 36.3 Å². The van der Waals surface area contributed by atoms with Crippen molar-refractivity contribution in [3.63, 3.8) is 0 Å². The Kier molecular flexibility index (Phi) is 3.96. The highest BCUT2D eigenvalue weighted by atomic mass is 16.2. The number of carbonyl (C=O) groups is 1. The van der Waals surface area contributed by atoms with Gasteiger partial charge in [-0.3, -0.25) is 19.4 Å². The van der Waals surface area contributed by atoms with Gasteiger partial charge in [0.25, 0.3) is 0 Å². The van der Waals surface area contributed by atoms with Crippen molar-refractivity contribution in [3.8, 4) is 0 Å². The molecular formula is C15H19N5O. The molecule has 3 heterocycles. The van der Waals surface area contributed by atoms with Gasteiger partial charge >= 0.3 is 0 Å². The smallest absolute Gasteiger partial charge is 0.238 e. The molecule has 0 aromatic carbocycles. The summed E-state index contributed by atoms with van der Waals surface area (Å²) in [5, 5.41) is 7.11. The van der Waals surface area contributed by atoms with Crippen LogP contribution in [0.3, 0.4) is 0 Å². The van der Waals surface area contributed by atoms with Crippen molar-refractivity contribution >= 4 is 11.6 Å². The summed E-state index contributed by atoms with van der Waals surface area (Å²) in [7, 11) is 1.91. The summed E-state index contributed by atoms with van der Waals surface area (Å²) in [5.74, 6) is -0.00112. The van der Waals surface area contributed by atoms with Gasteiger partial charge < -0.3 is 5.32 Å². The van der Waals surface area contributed by atoms with Crippen LogP contribution in [0.25, 0.3) is 0 Å². The predicted molar refractivity (Wildman–Crippen MR) is 79.6 cm³/mol. The van der Waals surface area contributed by atoms with E-state index in [0.29, 0.717) is 12.6 Å². The Labute approximate surface area is 123 Å². The van der Waals surface area contributed by atoms with Gasteiger partial charge in [0, 0.05) is 31.0 Å². The SMILES string of the molecule is Cn1cc([C@@H]2CCCN2CC(=O)Nc2cccnc2)cn1. The zero-order valence-electron chi connectivity index (χ0n) is 12.1. The lowest BCUT2D eigenvalue weighted by Crippen LogP contribution is -2.32. The molecule has 0 radical (unpaired) electrons. The van der Waals surface area contributed by atoms with E-state index in [1.54, 1.807) is 12.4 Å². The summed E-state index contributed by atoms with van der Waals surface area (Å²) in [6.45, 7) is 1.34. The third-order valence-electron chi connectivity index (χ3n) is 3.77. The fourth-order valence-corrected chi connectivity index (χ4v) is 2.83. The van der Waals surface area contributed by atoms with E-state index in [9.17, 15) is 4.79 Å². The van der Waals surface area contributed by atoms with Crippen molar-refractivity contribution in [3.05, 3.63) is 42.5 Å². The van der Waals surface area contributed by atoms with E-state index >= 15 is 0 Å². The van der Waals surface area contributed by atoms with Gasteiger partial charge in [-0.05, 0) is 31.5 Å². The highest BCUT2D eigenvalue weighted by Gasteiger charge is 2.28. The predicted octanol–water partition coefficient (Wildman–Crippen LogP) is 1.59. The first kappa shape index (κ1) is 13.8.